The minimum atomic E-state index is -1.27. The molecular formula is C12H12F2O. The van der Waals surface area contributed by atoms with Gasteiger partial charge in [-0.3, -0.25) is 0 Å². The quantitative estimate of drug-likeness (QED) is 0.706. The Kier molecular flexibility index (Phi) is 2.57. The fourth-order valence-electron chi connectivity index (χ4n) is 1.92. The molecule has 0 bridgehead atoms. The van der Waals surface area contributed by atoms with Gasteiger partial charge in [0, 0.05) is 11.6 Å². The first-order chi connectivity index (χ1) is 7.12. The maximum atomic E-state index is 13.4. The van der Waals surface area contributed by atoms with Gasteiger partial charge in [-0.25, -0.2) is 8.78 Å². The summed E-state index contributed by atoms with van der Waals surface area (Å²) in [7, 11) is 0. The zero-order valence-corrected chi connectivity index (χ0v) is 8.21. The summed E-state index contributed by atoms with van der Waals surface area (Å²) in [6, 6.07) is 3.27. The molecule has 1 aromatic rings. The lowest BCUT2D eigenvalue weighted by Crippen LogP contribution is -2.26. The van der Waals surface area contributed by atoms with Crippen LogP contribution in [0.5, 0.6) is 0 Å². The van der Waals surface area contributed by atoms with Gasteiger partial charge in [-0.2, -0.15) is 0 Å². The molecule has 0 fully saturated rings. The summed E-state index contributed by atoms with van der Waals surface area (Å²) in [6.45, 7) is 0. The van der Waals surface area contributed by atoms with Crippen molar-refractivity contribution in [3.05, 3.63) is 47.5 Å². The van der Waals surface area contributed by atoms with Crippen molar-refractivity contribution in [2.45, 2.75) is 24.9 Å². The second kappa shape index (κ2) is 3.74. The second-order valence-corrected chi connectivity index (χ2v) is 3.84. The Hall–Kier alpha value is -1.22. The van der Waals surface area contributed by atoms with Crippen LogP contribution in [0.25, 0.3) is 0 Å². The van der Waals surface area contributed by atoms with Gasteiger partial charge in [0.15, 0.2) is 0 Å². The Morgan fingerprint density at radius 1 is 1.27 bits per heavy atom. The average Bonchev–Trinajstić information content (AvgIpc) is 2.18. The lowest BCUT2D eigenvalue weighted by Gasteiger charge is -2.28. The number of rotatable bonds is 1. The van der Waals surface area contributed by atoms with Crippen LogP contribution in [0.2, 0.25) is 0 Å². The molecule has 80 valence electrons. The number of aliphatic hydroxyl groups is 1. The van der Waals surface area contributed by atoms with E-state index in [9.17, 15) is 13.9 Å². The number of hydrogen-bond acceptors (Lipinski definition) is 1. The molecule has 1 N–H and O–H groups in total. The monoisotopic (exact) mass is 210 g/mol. The van der Waals surface area contributed by atoms with Crippen molar-refractivity contribution in [3.8, 4) is 0 Å². The van der Waals surface area contributed by atoms with Crippen molar-refractivity contribution in [1.29, 1.82) is 0 Å². The Bertz CT molecular complexity index is 401. The third-order valence-electron chi connectivity index (χ3n) is 2.72. The lowest BCUT2D eigenvalue weighted by molar-refractivity contribution is 0.0686. The molecule has 1 atom stereocenters. The van der Waals surface area contributed by atoms with E-state index in [1.165, 1.54) is 12.1 Å². The summed E-state index contributed by atoms with van der Waals surface area (Å²) >= 11 is 0. The summed E-state index contributed by atoms with van der Waals surface area (Å²) < 4.78 is 26.1. The fourth-order valence-corrected chi connectivity index (χ4v) is 1.92. The zero-order valence-electron chi connectivity index (χ0n) is 8.21. The predicted molar refractivity (Wildman–Crippen MR) is 53.2 cm³/mol. The van der Waals surface area contributed by atoms with E-state index in [0.29, 0.717) is 6.42 Å². The maximum absolute atomic E-state index is 13.4. The molecule has 0 saturated carbocycles. The molecular weight excluding hydrogens is 198 g/mol. The van der Waals surface area contributed by atoms with Crippen molar-refractivity contribution in [2.24, 2.45) is 0 Å². The molecule has 1 aliphatic rings. The van der Waals surface area contributed by atoms with Crippen LogP contribution in [0.3, 0.4) is 0 Å². The number of hydrogen-bond donors (Lipinski definition) is 1. The lowest BCUT2D eigenvalue weighted by atomic mass is 9.84. The van der Waals surface area contributed by atoms with E-state index in [4.69, 9.17) is 0 Å². The molecule has 1 unspecified atom stereocenters. The topological polar surface area (TPSA) is 20.2 Å². The Balaban J connectivity index is 2.44. The summed E-state index contributed by atoms with van der Waals surface area (Å²) in [5, 5.41) is 10.2. The standard InChI is InChI=1S/C12H12F2O/c13-9-4-5-10(11(14)8-9)12(15)6-2-1-3-7-12/h2,4-6,8,15H,1,3,7H2. The number of halogens is 2. The summed E-state index contributed by atoms with van der Waals surface area (Å²) in [5.41, 5.74) is -1.12. The van der Waals surface area contributed by atoms with Crippen LogP contribution in [0.4, 0.5) is 8.78 Å². The van der Waals surface area contributed by atoms with Crippen LogP contribution in [0.15, 0.2) is 30.4 Å². The van der Waals surface area contributed by atoms with E-state index in [1.54, 1.807) is 6.08 Å². The van der Waals surface area contributed by atoms with Crippen LogP contribution in [0, 0.1) is 11.6 Å². The van der Waals surface area contributed by atoms with Gasteiger partial charge in [0.05, 0.1) is 0 Å². The Morgan fingerprint density at radius 2 is 2.07 bits per heavy atom. The minimum Gasteiger partial charge on any atom is -0.381 e. The highest BCUT2D eigenvalue weighted by molar-refractivity contribution is 5.30. The summed E-state index contributed by atoms with van der Waals surface area (Å²) in [4.78, 5) is 0. The smallest absolute Gasteiger partial charge is 0.132 e. The van der Waals surface area contributed by atoms with E-state index in [1.807, 2.05) is 6.08 Å². The van der Waals surface area contributed by atoms with Gasteiger partial charge in [0.25, 0.3) is 0 Å². The third kappa shape index (κ3) is 1.92. The molecule has 0 radical (unpaired) electrons. The summed E-state index contributed by atoms with van der Waals surface area (Å²) in [6.07, 6.45) is 5.60. The van der Waals surface area contributed by atoms with E-state index < -0.39 is 17.2 Å². The third-order valence-corrected chi connectivity index (χ3v) is 2.72. The van der Waals surface area contributed by atoms with Gasteiger partial charge >= 0.3 is 0 Å². The van der Waals surface area contributed by atoms with Gasteiger partial charge in [0.2, 0.25) is 0 Å². The van der Waals surface area contributed by atoms with Crippen LogP contribution >= 0.6 is 0 Å². The molecule has 0 amide bonds. The fraction of sp³-hybridized carbons (Fsp3) is 0.333. The van der Waals surface area contributed by atoms with Gasteiger partial charge < -0.3 is 5.11 Å². The first-order valence-corrected chi connectivity index (χ1v) is 4.97. The van der Waals surface area contributed by atoms with E-state index in [0.717, 1.165) is 18.9 Å². The molecule has 0 heterocycles. The van der Waals surface area contributed by atoms with E-state index in [2.05, 4.69) is 0 Å². The SMILES string of the molecule is OC1(c2ccc(F)cc2F)C=CCCC1. The highest BCUT2D eigenvalue weighted by Crippen LogP contribution is 2.33. The normalized spacial score (nSPS) is 25.5. The summed E-state index contributed by atoms with van der Waals surface area (Å²) in [5.74, 6) is -1.32. The molecule has 15 heavy (non-hydrogen) atoms. The highest BCUT2D eigenvalue weighted by atomic mass is 19.1. The average molecular weight is 210 g/mol. The molecule has 1 aromatic carbocycles. The Labute approximate surface area is 87.1 Å². The largest absolute Gasteiger partial charge is 0.381 e. The predicted octanol–water partition coefficient (Wildman–Crippen LogP) is 2.89. The molecule has 1 nitrogen and oxygen atoms in total. The van der Waals surface area contributed by atoms with Gasteiger partial charge in [-0.05, 0) is 31.4 Å². The van der Waals surface area contributed by atoms with Crippen LogP contribution < -0.4 is 0 Å². The van der Waals surface area contributed by atoms with Crippen molar-refractivity contribution < 1.29 is 13.9 Å². The van der Waals surface area contributed by atoms with E-state index in [-0.39, 0.29) is 5.56 Å². The molecule has 3 heteroatoms. The van der Waals surface area contributed by atoms with Crippen molar-refractivity contribution >= 4 is 0 Å². The second-order valence-electron chi connectivity index (χ2n) is 3.84. The van der Waals surface area contributed by atoms with Crippen molar-refractivity contribution in [2.75, 3.05) is 0 Å². The van der Waals surface area contributed by atoms with E-state index >= 15 is 0 Å². The van der Waals surface area contributed by atoms with Gasteiger partial charge in [-0.1, -0.05) is 12.2 Å². The van der Waals surface area contributed by atoms with Gasteiger partial charge in [0.1, 0.15) is 17.2 Å². The molecule has 0 saturated heterocycles. The number of allylic oxidation sites excluding steroid dienone is 1. The molecule has 1 aliphatic carbocycles. The molecule has 0 aliphatic heterocycles. The molecule has 0 aromatic heterocycles. The van der Waals surface area contributed by atoms with Crippen LogP contribution in [-0.2, 0) is 5.60 Å². The van der Waals surface area contributed by atoms with Crippen LogP contribution in [0.1, 0.15) is 24.8 Å². The Morgan fingerprint density at radius 3 is 2.67 bits per heavy atom. The molecule has 2 rings (SSSR count). The number of benzene rings is 1. The minimum absolute atomic E-state index is 0.153. The first-order valence-electron chi connectivity index (χ1n) is 4.97. The molecule has 0 spiro atoms. The van der Waals surface area contributed by atoms with Crippen molar-refractivity contribution in [3.63, 3.8) is 0 Å². The van der Waals surface area contributed by atoms with Crippen LogP contribution in [-0.4, -0.2) is 5.11 Å². The highest BCUT2D eigenvalue weighted by Gasteiger charge is 2.30. The maximum Gasteiger partial charge on any atom is 0.132 e. The zero-order chi connectivity index (χ0) is 10.9. The van der Waals surface area contributed by atoms with Gasteiger partial charge in [-0.15, -0.1) is 0 Å². The van der Waals surface area contributed by atoms with Crippen molar-refractivity contribution in [1.82, 2.24) is 0 Å². The first kappa shape index (κ1) is 10.3.